The van der Waals surface area contributed by atoms with Gasteiger partial charge in [-0.3, -0.25) is 0 Å². The van der Waals surface area contributed by atoms with Crippen molar-refractivity contribution in [1.29, 1.82) is 5.26 Å². The first-order valence-electron chi connectivity index (χ1n) is 7.15. The Hall–Kier alpha value is -2.36. The molecule has 0 aliphatic rings. The third-order valence-electron chi connectivity index (χ3n) is 3.29. The summed E-state index contributed by atoms with van der Waals surface area (Å²) >= 11 is 7.30. The largest absolute Gasteiger partial charge is 0.440 e. The number of hydrogen-bond acceptors (Lipinski definition) is 6. The normalized spacial score (nSPS) is 10.6. The molecule has 0 atom stereocenters. The first-order valence-corrected chi connectivity index (χ1v) is 8.52. The van der Waals surface area contributed by atoms with Gasteiger partial charge in [-0.2, -0.15) is 5.26 Å². The third-order valence-corrected chi connectivity index (χ3v) is 4.51. The van der Waals surface area contributed by atoms with Gasteiger partial charge in [-0.15, -0.1) is 0 Å². The van der Waals surface area contributed by atoms with E-state index >= 15 is 0 Å². The fraction of sp³-hybridized carbons (Fsp3) is 0.176. The van der Waals surface area contributed by atoms with Gasteiger partial charge in [0, 0.05) is 10.6 Å². The predicted molar refractivity (Wildman–Crippen MR) is 92.7 cm³/mol. The number of rotatable bonds is 4. The zero-order chi connectivity index (χ0) is 17.1. The van der Waals surface area contributed by atoms with Gasteiger partial charge in [0.1, 0.15) is 22.5 Å². The summed E-state index contributed by atoms with van der Waals surface area (Å²) in [5.74, 6) is 2.38. The van der Waals surface area contributed by atoms with Crippen LogP contribution in [0, 0.1) is 25.2 Å². The third kappa shape index (κ3) is 3.58. The van der Waals surface area contributed by atoms with Gasteiger partial charge >= 0.3 is 0 Å². The summed E-state index contributed by atoms with van der Waals surface area (Å²) in [7, 11) is 0. The molecule has 0 amide bonds. The van der Waals surface area contributed by atoms with E-state index in [1.54, 1.807) is 25.3 Å². The first-order chi connectivity index (χ1) is 11.6. The van der Waals surface area contributed by atoms with Gasteiger partial charge < -0.3 is 4.42 Å². The van der Waals surface area contributed by atoms with E-state index in [2.05, 4.69) is 21.0 Å². The Morgan fingerprint density at radius 1 is 1.21 bits per heavy atom. The van der Waals surface area contributed by atoms with Crippen molar-refractivity contribution < 1.29 is 4.42 Å². The number of thioether (sulfide) groups is 1. The number of benzene rings is 1. The van der Waals surface area contributed by atoms with Crippen molar-refractivity contribution >= 4 is 23.4 Å². The van der Waals surface area contributed by atoms with Crippen LogP contribution in [0.1, 0.15) is 23.0 Å². The van der Waals surface area contributed by atoms with E-state index in [-0.39, 0.29) is 0 Å². The summed E-state index contributed by atoms with van der Waals surface area (Å²) in [6.07, 6.45) is 1.68. The van der Waals surface area contributed by atoms with Crippen LogP contribution in [0.15, 0.2) is 39.9 Å². The predicted octanol–water partition coefficient (Wildman–Crippen LogP) is 4.57. The van der Waals surface area contributed by atoms with Gasteiger partial charge in [-0.05, 0) is 38.1 Å². The Bertz CT molecular complexity index is 915. The number of hydrogen-bond donors (Lipinski definition) is 0. The second-order valence-corrected chi connectivity index (χ2v) is 6.46. The van der Waals surface area contributed by atoms with Crippen molar-refractivity contribution in [2.24, 2.45) is 0 Å². The van der Waals surface area contributed by atoms with Gasteiger partial charge in [0.2, 0.25) is 5.89 Å². The number of nitriles is 1. The minimum Gasteiger partial charge on any atom is -0.440 e. The highest BCUT2D eigenvalue weighted by molar-refractivity contribution is 7.98. The van der Waals surface area contributed by atoms with Gasteiger partial charge in [-0.25, -0.2) is 15.0 Å². The molecule has 5 nitrogen and oxygen atoms in total. The molecule has 0 unspecified atom stereocenters. The molecule has 0 aliphatic carbocycles. The van der Waals surface area contributed by atoms with Gasteiger partial charge in [0.15, 0.2) is 5.76 Å². The molecule has 0 saturated carbocycles. The zero-order valence-corrected chi connectivity index (χ0v) is 14.6. The fourth-order valence-electron chi connectivity index (χ4n) is 2.17. The summed E-state index contributed by atoms with van der Waals surface area (Å²) < 4.78 is 5.76. The van der Waals surface area contributed by atoms with E-state index < -0.39 is 0 Å². The highest BCUT2D eigenvalue weighted by Gasteiger charge is 2.13. The minimum absolute atomic E-state index is 0.484. The molecule has 0 aliphatic heterocycles. The Morgan fingerprint density at radius 3 is 2.67 bits per heavy atom. The highest BCUT2D eigenvalue weighted by atomic mass is 35.5. The number of halogens is 1. The molecule has 2 heterocycles. The van der Waals surface area contributed by atoms with Crippen molar-refractivity contribution in [3.63, 3.8) is 0 Å². The Morgan fingerprint density at radius 2 is 1.96 bits per heavy atom. The summed E-state index contributed by atoms with van der Waals surface area (Å²) in [6, 6.07) is 9.52. The summed E-state index contributed by atoms with van der Waals surface area (Å²) in [4.78, 5) is 12.8. The zero-order valence-electron chi connectivity index (χ0n) is 13.1. The maximum atomic E-state index is 9.27. The van der Waals surface area contributed by atoms with Crippen LogP contribution in [0.5, 0.6) is 0 Å². The lowest BCUT2D eigenvalue weighted by atomic mass is 10.2. The van der Waals surface area contributed by atoms with Crippen LogP contribution in [-0.2, 0) is 5.75 Å². The van der Waals surface area contributed by atoms with Crippen LogP contribution in [0.25, 0.3) is 11.3 Å². The number of aromatic nitrogens is 3. The van der Waals surface area contributed by atoms with Crippen LogP contribution in [0.2, 0.25) is 5.02 Å². The first kappa shape index (κ1) is 16.5. The Balaban J connectivity index is 1.77. The number of nitrogens with zero attached hydrogens (tertiary/aromatic N) is 4. The molecule has 0 bridgehead atoms. The van der Waals surface area contributed by atoms with Crippen molar-refractivity contribution in [3.05, 3.63) is 58.5 Å². The Labute approximate surface area is 148 Å². The van der Waals surface area contributed by atoms with E-state index in [0.717, 1.165) is 5.56 Å². The molecule has 0 saturated heterocycles. The lowest BCUT2D eigenvalue weighted by Gasteiger charge is -2.05. The fourth-order valence-corrected chi connectivity index (χ4v) is 3.22. The van der Waals surface area contributed by atoms with Crippen molar-refractivity contribution in [3.8, 4) is 17.4 Å². The molecule has 24 heavy (non-hydrogen) atoms. The summed E-state index contributed by atoms with van der Waals surface area (Å²) in [5.41, 5.74) is 2.09. The van der Waals surface area contributed by atoms with E-state index in [0.29, 0.717) is 44.5 Å². The molecular formula is C17H13ClN4OS. The molecule has 3 rings (SSSR count). The van der Waals surface area contributed by atoms with Gasteiger partial charge in [0.25, 0.3) is 0 Å². The summed E-state index contributed by atoms with van der Waals surface area (Å²) in [6.45, 7) is 3.61. The quantitative estimate of drug-likeness (QED) is 0.503. The van der Waals surface area contributed by atoms with Crippen LogP contribution < -0.4 is 0 Å². The second kappa shape index (κ2) is 7.04. The Kier molecular flexibility index (Phi) is 4.84. The van der Waals surface area contributed by atoms with Gasteiger partial charge in [-0.1, -0.05) is 23.4 Å². The summed E-state index contributed by atoms with van der Waals surface area (Å²) in [5, 5.41) is 10.6. The molecule has 0 N–H and O–H groups in total. The van der Waals surface area contributed by atoms with E-state index in [1.165, 1.54) is 11.8 Å². The molecule has 7 heteroatoms. The number of aryl methyl sites for hydroxylation is 2. The molecular weight excluding hydrogens is 344 g/mol. The van der Waals surface area contributed by atoms with E-state index in [9.17, 15) is 5.26 Å². The minimum atomic E-state index is 0.484. The van der Waals surface area contributed by atoms with E-state index in [1.807, 2.05) is 19.1 Å². The molecule has 2 aromatic heterocycles. The highest BCUT2D eigenvalue weighted by Crippen LogP contribution is 2.28. The lowest BCUT2D eigenvalue weighted by Crippen LogP contribution is -1.99. The number of oxazole rings is 1. The molecule has 0 radical (unpaired) electrons. The lowest BCUT2D eigenvalue weighted by molar-refractivity contribution is 0.530. The average Bonchev–Trinajstić information content (AvgIpc) is 3.02. The van der Waals surface area contributed by atoms with E-state index in [4.69, 9.17) is 16.0 Å². The molecule has 0 fully saturated rings. The molecule has 3 aromatic rings. The SMILES string of the molecule is Cc1nc(C)c(C#N)c(SCc2ncc(-c3ccc(Cl)cc3)o2)n1. The molecule has 1 aromatic carbocycles. The van der Waals surface area contributed by atoms with Crippen LogP contribution >= 0.6 is 23.4 Å². The maximum Gasteiger partial charge on any atom is 0.205 e. The van der Waals surface area contributed by atoms with Gasteiger partial charge in [0.05, 0.1) is 17.6 Å². The standard InChI is InChI=1S/C17H13ClN4OS/c1-10-14(7-19)17(22-11(2)21-10)24-9-16-20-8-15(23-16)12-3-5-13(18)6-4-12/h3-6,8H,9H2,1-2H3. The van der Waals surface area contributed by atoms with Crippen LogP contribution in [-0.4, -0.2) is 15.0 Å². The molecule has 120 valence electrons. The smallest absolute Gasteiger partial charge is 0.205 e. The average molecular weight is 357 g/mol. The van der Waals surface area contributed by atoms with Crippen molar-refractivity contribution in [2.45, 2.75) is 24.6 Å². The maximum absolute atomic E-state index is 9.27. The second-order valence-electron chi connectivity index (χ2n) is 5.06. The van der Waals surface area contributed by atoms with Crippen molar-refractivity contribution in [1.82, 2.24) is 15.0 Å². The topological polar surface area (TPSA) is 75.6 Å². The monoisotopic (exact) mass is 356 g/mol. The van der Waals surface area contributed by atoms with Crippen LogP contribution in [0.4, 0.5) is 0 Å². The molecule has 0 spiro atoms. The van der Waals surface area contributed by atoms with Crippen molar-refractivity contribution in [2.75, 3.05) is 0 Å². The van der Waals surface area contributed by atoms with Crippen LogP contribution in [0.3, 0.4) is 0 Å².